The molecule has 2 unspecified atom stereocenters. The third kappa shape index (κ3) is 11.4. The Bertz CT molecular complexity index is 541. The van der Waals surface area contributed by atoms with Gasteiger partial charge in [-0.2, -0.15) is 0 Å². The zero-order valence-corrected chi connectivity index (χ0v) is 19.6. The van der Waals surface area contributed by atoms with E-state index in [2.05, 4.69) is 27.7 Å². The van der Waals surface area contributed by atoms with E-state index in [1.165, 1.54) is 51.4 Å². The van der Waals surface area contributed by atoms with Crippen LogP contribution in [0.15, 0.2) is 24.3 Å². The van der Waals surface area contributed by atoms with E-state index >= 15 is 0 Å². The lowest BCUT2D eigenvalue weighted by molar-refractivity contribution is 0.0429. The van der Waals surface area contributed by atoms with Gasteiger partial charge >= 0.3 is 11.9 Å². The summed E-state index contributed by atoms with van der Waals surface area (Å²) in [6.45, 7) is 9.50. The molecule has 0 aliphatic heterocycles. The highest BCUT2D eigenvalue weighted by atomic mass is 16.5. The van der Waals surface area contributed by atoms with E-state index in [9.17, 15) is 9.59 Å². The highest BCUT2D eigenvalue weighted by molar-refractivity contribution is 5.93. The van der Waals surface area contributed by atoms with Crippen molar-refractivity contribution in [1.29, 1.82) is 0 Å². The summed E-state index contributed by atoms with van der Waals surface area (Å²) in [5.74, 6) is 0.0556. The molecule has 1 aromatic carbocycles. The van der Waals surface area contributed by atoms with Gasteiger partial charge < -0.3 is 9.47 Å². The molecule has 1 rings (SSSR count). The maximum Gasteiger partial charge on any atom is 0.338 e. The van der Waals surface area contributed by atoms with Crippen LogP contribution in [-0.2, 0) is 9.47 Å². The smallest absolute Gasteiger partial charge is 0.338 e. The molecule has 0 aromatic heterocycles. The van der Waals surface area contributed by atoms with Crippen molar-refractivity contribution in [1.82, 2.24) is 0 Å². The second-order valence-corrected chi connectivity index (χ2v) is 8.68. The van der Waals surface area contributed by atoms with E-state index in [0.717, 1.165) is 12.8 Å². The van der Waals surface area contributed by atoms with Crippen molar-refractivity contribution < 1.29 is 19.1 Å². The van der Waals surface area contributed by atoms with Crippen molar-refractivity contribution in [2.24, 2.45) is 11.8 Å². The zero-order chi connectivity index (χ0) is 22.2. The predicted molar refractivity (Wildman–Crippen MR) is 123 cm³/mol. The van der Waals surface area contributed by atoms with Crippen molar-refractivity contribution in [3.63, 3.8) is 0 Å². The predicted octanol–water partition coefficient (Wildman–Crippen LogP) is 7.21. The molecule has 1 aromatic rings. The number of unbranched alkanes of at least 4 members (excludes halogenated alkanes) is 6. The second kappa shape index (κ2) is 15.9. The molecular formula is C26H42O4. The molecule has 0 saturated carbocycles. The molecule has 0 spiro atoms. The molecule has 0 N–H and O–H groups in total. The summed E-state index contributed by atoms with van der Waals surface area (Å²) in [5, 5.41) is 0. The molecule has 30 heavy (non-hydrogen) atoms. The first kappa shape index (κ1) is 26.2. The van der Waals surface area contributed by atoms with E-state index in [0.29, 0.717) is 36.2 Å². The Morgan fingerprint density at radius 1 is 0.667 bits per heavy atom. The van der Waals surface area contributed by atoms with Gasteiger partial charge in [-0.1, -0.05) is 79.1 Å². The van der Waals surface area contributed by atoms with Gasteiger partial charge in [0.25, 0.3) is 0 Å². The van der Waals surface area contributed by atoms with Gasteiger partial charge in [0.15, 0.2) is 0 Å². The number of esters is 2. The molecule has 0 heterocycles. The lowest BCUT2D eigenvalue weighted by atomic mass is 10.0. The third-order valence-corrected chi connectivity index (χ3v) is 5.46. The SMILES string of the molecule is CCCCCCC(C)COC(=O)c1ccc(C(=O)OCC(C)CCCCCC)cc1. The fourth-order valence-electron chi connectivity index (χ4n) is 3.35. The van der Waals surface area contributed by atoms with E-state index < -0.39 is 0 Å². The average molecular weight is 419 g/mol. The van der Waals surface area contributed by atoms with Crippen LogP contribution >= 0.6 is 0 Å². The van der Waals surface area contributed by atoms with E-state index in [-0.39, 0.29) is 11.9 Å². The maximum atomic E-state index is 12.2. The quantitative estimate of drug-likeness (QED) is 0.210. The zero-order valence-electron chi connectivity index (χ0n) is 19.6. The Morgan fingerprint density at radius 3 is 1.37 bits per heavy atom. The van der Waals surface area contributed by atoms with Gasteiger partial charge in [-0.05, 0) is 48.9 Å². The Balaban J connectivity index is 2.33. The number of carbonyl (C=O) groups excluding carboxylic acids is 2. The molecule has 4 nitrogen and oxygen atoms in total. The van der Waals surface area contributed by atoms with Crippen LogP contribution in [0.2, 0.25) is 0 Å². The topological polar surface area (TPSA) is 52.6 Å². The van der Waals surface area contributed by atoms with Gasteiger partial charge in [0.05, 0.1) is 24.3 Å². The van der Waals surface area contributed by atoms with Crippen molar-refractivity contribution in [3.05, 3.63) is 35.4 Å². The maximum absolute atomic E-state index is 12.2. The van der Waals surface area contributed by atoms with Crippen molar-refractivity contribution in [2.75, 3.05) is 13.2 Å². The van der Waals surface area contributed by atoms with Crippen LogP contribution < -0.4 is 0 Å². The largest absolute Gasteiger partial charge is 0.462 e. The molecule has 170 valence electrons. The highest BCUT2D eigenvalue weighted by Gasteiger charge is 2.13. The molecule has 0 aliphatic carbocycles. The van der Waals surface area contributed by atoms with Crippen LogP contribution in [0, 0.1) is 11.8 Å². The lowest BCUT2D eigenvalue weighted by Crippen LogP contribution is -2.14. The van der Waals surface area contributed by atoms with Gasteiger partial charge in [0.1, 0.15) is 0 Å². The minimum Gasteiger partial charge on any atom is -0.462 e. The normalized spacial score (nSPS) is 12.9. The van der Waals surface area contributed by atoms with Crippen LogP contribution in [-0.4, -0.2) is 25.2 Å². The first-order valence-electron chi connectivity index (χ1n) is 11.9. The molecule has 2 atom stereocenters. The van der Waals surface area contributed by atoms with Crippen molar-refractivity contribution in [2.45, 2.75) is 91.9 Å². The number of benzene rings is 1. The van der Waals surface area contributed by atoms with E-state index in [4.69, 9.17) is 9.47 Å². The molecular weight excluding hydrogens is 376 g/mol. The Labute approximate surface area is 183 Å². The molecule has 4 heteroatoms. The Morgan fingerprint density at radius 2 is 1.03 bits per heavy atom. The summed E-state index contributed by atoms with van der Waals surface area (Å²) >= 11 is 0. The number of hydrogen-bond donors (Lipinski definition) is 0. The van der Waals surface area contributed by atoms with E-state index in [1.54, 1.807) is 24.3 Å². The minimum absolute atomic E-state index is 0.337. The highest BCUT2D eigenvalue weighted by Crippen LogP contribution is 2.14. The fraction of sp³-hybridized carbons (Fsp3) is 0.692. The van der Waals surface area contributed by atoms with Crippen LogP contribution in [0.3, 0.4) is 0 Å². The summed E-state index contributed by atoms with van der Waals surface area (Å²) < 4.78 is 10.9. The van der Waals surface area contributed by atoms with Gasteiger partial charge in [-0.25, -0.2) is 9.59 Å². The van der Waals surface area contributed by atoms with Gasteiger partial charge in [-0.15, -0.1) is 0 Å². The van der Waals surface area contributed by atoms with Crippen LogP contribution in [0.5, 0.6) is 0 Å². The summed E-state index contributed by atoms with van der Waals surface area (Å²) in [4.78, 5) is 24.5. The van der Waals surface area contributed by atoms with Crippen LogP contribution in [0.25, 0.3) is 0 Å². The minimum atomic E-state index is -0.337. The van der Waals surface area contributed by atoms with E-state index in [1.807, 2.05) is 0 Å². The first-order valence-corrected chi connectivity index (χ1v) is 11.9. The van der Waals surface area contributed by atoms with Gasteiger partial charge in [0.2, 0.25) is 0 Å². The van der Waals surface area contributed by atoms with Gasteiger partial charge in [-0.3, -0.25) is 0 Å². The number of hydrogen-bond acceptors (Lipinski definition) is 4. The van der Waals surface area contributed by atoms with Crippen LogP contribution in [0.1, 0.15) is 113 Å². The monoisotopic (exact) mass is 418 g/mol. The third-order valence-electron chi connectivity index (χ3n) is 5.46. The average Bonchev–Trinajstić information content (AvgIpc) is 2.76. The molecule has 0 saturated heterocycles. The van der Waals surface area contributed by atoms with Crippen molar-refractivity contribution in [3.8, 4) is 0 Å². The second-order valence-electron chi connectivity index (χ2n) is 8.68. The number of ether oxygens (including phenoxy) is 2. The summed E-state index contributed by atoms with van der Waals surface area (Å²) in [6.07, 6.45) is 12.0. The fourth-order valence-corrected chi connectivity index (χ4v) is 3.35. The Kier molecular flexibility index (Phi) is 13.9. The van der Waals surface area contributed by atoms with Gasteiger partial charge in [0, 0.05) is 0 Å². The number of carbonyl (C=O) groups is 2. The molecule has 0 aliphatic rings. The molecule has 0 fully saturated rings. The van der Waals surface area contributed by atoms with Crippen LogP contribution in [0.4, 0.5) is 0 Å². The lowest BCUT2D eigenvalue weighted by Gasteiger charge is -2.13. The molecule has 0 radical (unpaired) electrons. The molecule has 0 amide bonds. The Hall–Kier alpha value is -1.84. The molecule has 0 bridgehead atoms. The number of rotatable bonds is 16. The summed E-state index contributed by atoms with van der Waals surface area (Å²) in [5.41, 5.74) is 0.933. The standard InChI is InChI=1S/C26H42O4/c1-5-7-9-11-13-21(3)19-29-25(27)23-15-17-24(18-16-23)26(28)30-20-22(4)14-12-10-8-6-2/h15-18,21-22H,5-14,19-20H2,1-4H3. The summed E-state index contributed by atoms with van der Waals surface area (Å²) in [6, 6.07) is 6.55. The van der Waals surface area contributed by atoms with Crippen molar-refractivity contribution >= 4 is 11.9 Å². The summed E-state index contributed by atoms with van der Waals surface area (Å²) in [7, 11) is 0. The first-order chi connectivity index (χ1) is 14.5.